The van der Waals surface area contributed by atoms with Gasteiger partial charge in [0.25, 0.3) is 0 Å². The molecule has 0 spiro atoms. The lowest BCUT2D eigenvalue weighted by molar-refractivity contribution is -0.968. The maximum Gasteiger partial charge on any atom is 0.316 e. The number of halogens is 1. The number of aliphatic hydroxyl groups is 1. The summed E-state index contributed by atoms with van der Waals surface area (Å²) < 4.78 is 6.96. The Labute approximate surface area is 161 Å². The molecule has 2 bridgehead atoms. The first-order chi connectivity index (χ1) is 11.5. The average molecular weight is 412 g/mol. The van der Waals surface area contributed by atoms with Crippen LogP contribution in [0.15, 0.2) is 30.3 Å². The van der Waals surface area contributed by atoms with Crippen molar-refractivity contribution in [1.29, 1.82) is 0 Å². The molecular formula is C20H30BrNO3. The van der Waals surface area contributed by atoms with Crippen molar-refractivity contribution in [2.24, 2.45) is 0 Å². The van der Waals surface area contributed by atoms with Gasteiger partial charge >= 0.3 is 5.97 Å². The van der Waals surface area contributed by atoms with Crippen molar-refractivity contribution in [3.8, 4) is 0 Å². The minimum absolute atomic E-state index is 0. The predicted octanol–water partition coefficient (Wildman–Crippen LogP) is -0.142. The zero-order valence-electron chi connectivity index (χ0n) is 15.4. The Morgan fingerprint density at radius 3 is 2.24 bits per heavy atom. The van der Waals surface area contributed by atoms with E-state index in [1.165, 1.54) is 12.8 Å². The minimum atomic E-state index is -0.572. The van der Waals surface area contributed by atoms with Crippen LogP contribution in [0.1, 0.15) is 51.0 Å². The molecule has 3 unspecified atom stereocenters. The van der Waals surface area contributed by atoms with E-state index in [0.29, 0.717) is 18.1 Å². The molecule has 140 valence electrons. The number of hydrogen-bond acceptors (Lipinski definition) is 3. The van der Waals surface area contributed by atoms with E-state index in [9.17, 15) is 9.90 Å². The summed E-state index contributed by atoms with van der Waals surface area (Å²) in [4.78, 5) is 12.6. The Hall–Kier alpha value is -0.910. The van der Waals surface area contributed by atoms with Crippen LogP contribution in [-0.2, 0) is 9.53 Å². The maximum absolute atomic E-state index is 12.6. The van der Waals surface area contributed by atoms with Gasteiger partial charge in [-0.25, -0.2) is 0 Å². The highest BCUT2D eigenvalue weighted by molar-refractivity contribution is 5.78. The van der Waals surface area contributed by atoms with Crippen molar-refractivity contribution >= 4 is 5.97 Å². The lowest BCUT2D eigenvalue weighted by Gasteiger charge is -2.49. The zero-order valence-corrected chi connectivity index (χ0v) is 17.0. The predicted molar refractivity (Wildman–Crippen MR) is 93.5 cm³/mol. The van der Waals surface area contributed by atoms with E-state index >= 15 is 0 Å². The second-order valence-corrected chi connectivity index (χ2v) is 7.88. The van der Waals surface area contributed by atoms with Gasteiger partial charge < -0.3 is 31.3 Å². The van der Waals surface area contributed by atoms with E-state index in [-0.39, 0.29) is 35.7 Å². The first kappa shape index (κ1) is 20.4. The summed E-state index contributed by atoms with van der Waals surface area (Å²) in [7, 11) is 2.37. The number of nitrogens with zero attached hydrogens (tertiary/aromatic N) is 1. The van der Waals surface area contributed by atoms with Crippen LogP contribution in [0.4, 0.5) is 0 Å². The van der Waals surface area contributed by atoms with Crippen molar-refractivity contribution < 1.29 is 36.1 Å². The van der Waals surface area contributed by atoms with Crippen LogP contribution in [-0.4, -0.2) is 53.4 Å². The Balaban J connectivity index is 0.00000225. The zero-order chi connectivity index (χ0) is 17.3. The molecule has 2 heterocycles. The van der Waals surface area contributed by atoms with Crippen LogP contribution in [0.5, 0.6) is 0 Å². The molecule has 2 fully saturated rings. The van der Waals surface area contributed by atoms with Gasteiger partial charge in [0.05, 0.1) is 31.8 Å². The summed E-state index contributed by atoms with van der Waals surface area (Å²) in [6, 6.07) is 11.2. The average Bonchev–Trinajstić information content (AvgIpc) is 2.74. The van der Waals surface area contributed by atoms with Crippen molar-refractivity contribution in [3.63, 3.8) is 0 Å². The molecule has 1 aromatic rings. The number of quaternary nitrogens is 1. The van der Waals surface area contributed by atoms with Gasteiger partial charge in [-0.1, -0.05) is 30.3 Å². The van der Waals surface area contributed by atoms with Crippen molar-refractivity contribution in [1.82, 2.24) is 0 Å². The standard InChI is InChI=1S/C20H30NO3.BrH/c1-14(2)21(3)16-9-10-17(21)12-18(11-16)24-20(23)19(13-22)15-7-5-4-6-8-15;/h4-8,14,16-19,22H,9-13H2,1-3H3;1H/q+1;/p-1/t16-,17+,18?,19?,21?;. The van der Waals surface area contributed by atoms with E-state index < -0.39 is 5.92 Å². The first-order valence-corrected chi connectivity index (χ1v) is 9.18. The fraction of sp³-hybridized carbons (Fsp3) is 0.650. The fourth-order valence-corrected chi connectivity index (χ4v) is 4.82. The monoisotopic (exact) mass is 411 g/mol. The SMILES string of the molecule is CC(C)[N+]1(C)[C@@H]2CC[C@H]1CC(OC(=O)C(CO)c1ccccc1)C2.[Br-]. The maximum atomic E-state index is 12.6. The summed E-state index contributed by atoms with van der Waals surface area (Å²) in [6.45, 7) is 4.39. The molecule has 2 saturated heterocycles. The summed E-state index contributed by atoms with van der Waals surface area (Å²) in [5, 5.41) is 9.65. The number of carbonyl (C=O) groups excluding carboxylic acids is 1. The van der Waals surface area contributed by atoms with E-state index in [0.717, 1.165) is 22.9 Å². The first-order valence-electron chi connectivity index (χ1n) is 9.18. The number of aliphatic hydroxyl groups excluding tert-OH is 1. The molecule has 3 rings (SSSR count). The van der Waals surface area contributed by atoms with Gasteiger partial charge in [0.1, 0.15) is 12.0 Å². The smallest absolute Gasteiger partial charge is 0.316 e. The van der Waals surface area contributed by atoms with Gasteiger partial charge in [-0.15, -0.1) is 0 Å². The number of fused-ring (bicyclic) bond motifs is 2. The van der Waals surface area contributed by atoms with Crippen LogP contribution in [0, 0.1) is 0 Å². The number of benzene rings is 1. The summed E-state index contributed by atoms with van der Waals surface area (Å²) in [5.74, 6) is -0.856. The molecular weight excluding hydrogens is 382 g/mol. The third-order valence-electron chi connectivity index (χ3n) is 6.54. The quantitative estimate of drug-likeness (QED) is 0.541. The van der Waals surface area contributed by atoms with E-state index in [4.69, 9.17) is 4.74 Å². The van der Waals surface area contributed by atoms with Gasteiger partial charge in [0.15, 0.2) is 0 Å². The lowest BCUT2D eigenvalue weighted by atomic mass is 9.94. The Kier molecular flexibility index (Phi) is 6.68. The molecule has 2 aliphatic heterocycles. The molecule has 25 heavy (non-hydrogen) atoms. The van der Waals surface area contributed by atoms with Crippen LogP contribution in [0.3, 0.4) is 0 Å². The van der Waals surface area contributed by atoms with E-state index in [1.54, 1.807) is 0 Å². The minimum Gasteiger partial charge on any atom is -1.00 e. The van der Waals surface area contributed by atoms with E-state index in [1.807, 2.05) is 30.3 Å². The number of ether oxygens (including phenoxy) is 1. The second kappa shape index (κ2) is 8.19. The van der Waals surface area contributed by atoms with Gasteiger partial charge in [-0.2, -0.15) is 0 Å². The summed E-state index contributed by atoms with van der Waals surface area (Å²) in [5.41, 5.74) is 0.826. The second-order valence-electron chi connectivity index (χ2n) is 7.88. The molecule has 0 saturated carbocycles. The summed E-state index contributed by atoms with van der Waals surface area (Å²) in [6.07, 6.45) is 4.36. The molecule has 1 aromatic carbocycles. The highest BCUT2D eigenvalue weighted by atomic mass is 79.9. The molecule has 4 nitrogen and oxygen atoms in total. The molecule has 1 N–H and O–H groups in total. The van der Waals surface area contributed by atoms with Gasteiger partial charge in [0.2, 0.25) is 0 Å². The van der Waals surface area contributed by atoms with Crippen molar-refractivity contribution in [2.75, 3.05) is 13.7 Å². The van der Waals surface area contributed by atoms with Crippen LogP contribution in [0.25, 0.3) is 0 Å². The van der Waals surface area contributed by atoms with Crippen molar-refractivity contribution in [3.05, 3.63) is 35.9 Å². The number of rotatable bonds is 5. The third kappa shape index (κ3) is 3.79. The third-order valence-corrected chi connectivity index (χ3v) is 6.54. The number of hydrogen-bond donors (Lipinski definition) is 1. The van der Waals surface area contributed by atoms with Crippen molar-refractivity contribution in [2.45, 2.75) is 69.7 Å². The van der Waals surface area contributed by atoms with Crippen LogP contribution < -0.4 is 17.0 Å². The molecule has 0 aromatic heterocycles. The van der Waals surface area contributed by atoms with Crippen LogP contribution >= 0.6 is 0 Å². The highest BCUT2D eigenvalue weighted by Crippen LogP contribution is 2.44. The van der Waals surface area contributed by atoms with Gasteiger partial charge in [0, 0.05) is 25.7 Å². The number of carbonyl (C=O) groups is 1. The largest absolute Gasteiger partial charge is 1.00 e. The Morgan fingerprint density at radius 2 is 1.76 bits per heavy atom. The van der Waals surface area contributed by atoms with E-state index in [2.05, 4.69) is 20.9 Å². The summed E-state index contributed by atoms with van der Waals surface area (Å²) >= 11 is 0. The lowest BCUT2D eigenvalue weighted by Crippen LogP contribution is -3.00. The highest BCUT2D eigenvalue weighted by Gasteiger charge is 2.53. The number of piperidine rings is 1. The molecule has 2 aliphatic rings. The van der Waals surface area contributed by atoms with Crippen LogP contribution in [0.2, 0.25) is 0 Å². The molecule has 5 heteroatoms. The van der Waals surface area contributed by atoms with Gasteiger partial charge in [-0.3, -0.25) is 4.79 Å². The molecule has 0 radical (unpaired) electrons. The number of esters is 1. The Morgan fingerprint density at radius 1 is 1.20 bits per heavy atom. The van der Waals surface area contributed by atoms with Gasteiger partial charge in [-0.05, 0) is 19.4 Å². The molecule has 0 aliphatic carbocycles. The molecule has 0 amide bonds. The molecule has 5 atom stereocenters. The fourth-order valence-electron chi connectivity index (χ4n) is 4.82. The topological polar surface area (TPSA) is 46.5 Å². The Bertz CT molecular complexity index is 564. The normalized spacial score (nSPS) is 32.1.